The van der Waals surface area contributed by atoms with Gasteiger partial charge < -0.3 is 14.6 Å². The van der Waals surface area contributed by atoms with Gasteiger partial charge in [-0.2, -0.15) is 0 Å². The lowest BCUT2D eigenvalue weighted by Gasteiger charge is -2.32. The van der Waals surface area contributed by atoms with Gasteiger partial charge in [0.05, 0.1) is 17.6 Å². The van der Waals surface area contributed by atoms with E-state index in [-0.39, 0.29) is 17.1 Å². The van der Waals surface area contributed by atoms with Crippen LogP contribution in [0.15, 0.2) is 60.9 Å². The van der Waals surface area contributed by atoms with E-state index >= 15 is 0 Å². The van der Waals surface area contributed by atoms with Gasteiger partial charge in [-0.15, -0.1) is 0 Å². The normalized spacial score (nSPS) is 17.4. The number of carbonyl (C=O) groups is 1. The van der Waals surface area contributed by atoms with Crippen molar-refractivity contribution < 1.29 is 14.1 Å². The van der Waals surface area contributed by atoms with Crippen LogP contribution >= 0.6 is 0 Å². The summed E-state index contributed by atoms with van der Waals surface area (Å²) in [6, 6.07) is 15.6. The molecule has 2 heterocycles. The highest BCUT2D eigenvalue weighted by molar-refractivity contribution is 6.62. The molecule has 2 aromatic carbocycles. The third-order valence-electron chi connectivity index (χ3n) is 5.79. The molecule has 1 aliphatic rings. The van der Waals surface area contributed by atoms with Crippen molar-refractivity contribution in [2.24, 2.45) is 0 Å². The van der Waals surface area contributed by atoms with E-state index in [2.05, 4.69) is 10.3 Å². The molecule has 0 aliphatic carbocycles. The molecule has 29 heavy (non-hydrogen) atoms. The van der Waals surface area contributed by atoms with Gasteiger partial charge in [0.2, 0.25) is 5.91 Å². The van der Waals surface area contributed by atoms with Crippen molar-refractivity contribution in [3.63, 3.8) is 0 Å². The summed E-state index contributed by atoms with van der Waals surface area (Å²) in [4.78, 5) is 16.6. The van der Waals surface area contributed by atoms with E-state index in [1.54, 1.807) is 6.20 Å². The zero-order valence-corrected chi connectivity index (χ0v) is 17.2. The van der Waals surface area contributed by atoms with Gasteiger partial charge in [-0.05, 0) is 62.3 Å². The first-order valence-electron chi connectivity index (χ1n) is 9.82. The van der Waals surface area contributed by atoms with Crippen molar-refractivity contribution in [1.82, 2.24) is 4.98 Å². The first-order valence-corrected chi connectivity index (χ1v) is 9.82. The molecular formula is C23H25BN2O3. The molecule has 1 saturated heterocycles. The number of amides is 1. The van der Waals surface area contributed by atoms with E-state index in [1.165, 1.54) is 0 Å². The maximum absolute atomic E-state index is 12.5. The summed E-state index contributed by atoms with van der Waals surface area (Å²) in [6.45, 7) is 8.15. The van der Waals surface area contributed by atoms with Gasteiger partial charge in [0.15, 0.2) is 0 Å². The number of anilines is 1. The van der Waals surface area contributed by atoms with Crippen LogP contribution in [0, 0.1) is 0 Å². The zero-order chi connectivity index (χ0) is 20.6. The van der Waals surface area contributed by atoms with Gasteiger partial charge in [-0.3, -0.25) is 9.78 Å². The fourth-order valence-electron chi connectivity index (χ4n) is 3.32. The third-order valence-corrected chi connectivity index (χ3v) is 5.79. The summed E-state index contributed by atoms with van der Waals surface area (Å²) in [5.41, 5.74) is 1.93. The van der Waals surface area contributed by atoms with Crippen LogP contribution in [0.25, 0.3) is 10.8 Å². The molecule has 0 atom stereocenters. The highest BCUT2D eigenvalue weighted by atomic mass is 16.7. The summed E-state index contributed by atoms with van der Waals surface area (Å²) in [5, 5.41) is 5.06. The summed E-state index contributed by atoms with van der Waals surface area (Å²) in [7, 11) is -0.394. The Bertz CT molecular complexity index is 1030. The van der Waals surface area contributed by atoms with Gasteiger partial charge in [0.25, 0.3) is 0 Å². The van der Waals surface area contributed by atoms with Crippen LogP contribution in [-0.4, -0.2) is 29.2 Å². The van der Waals surface area contributed by atoms with Gasteiger partial charge in [-0.25, -0.2) is 0 Å². The molecule has 0 unspecified atom stereocenters. The SMILES string of the molecule is CC1(C)OB(c2ccc(CC(=O)Nc3ccc4cnccc4c3)cc2)OC1(C)C. The van der Waals surface area contributed by atoms with Crippen LogP contribution in [0.1, 0.15) is 33.3 Å². The Kier molecular flexibility index (Phi) is 4.93. The second-order valence-corrected chi connectivity index (χ2v) is 8.49. The van der Waals surface area contributed by atoms with Crippen molar-refractivity contribution in [1.29, 1.82) is 0 Å². The number of hydrogen-bond acceptors (Lipinski definition) is 4. The summed E-state index contributed by atoms with van der Waals surface area (Å²) >= 11 is 0. The van der Waals surface area contributed by atoms with E-state index in [1.807, 2.05) is 82.4 Å². The van der Waals surface area contributed by atoms with Gasteiger partial charge in [0, 0.05) is 23.5 Å². The van der Waals surface area contributed by atoms with E-state index in [4.69, 9.17) is 9.31 Å². The number of rotatable bonds is 4. The molecule has 1 aromatic heterocycles. The molecular weight excluding hydrogens is 363 g/mol. The van der Waals surface area contributed by atoms with E-state index in [0.29, 0.717) is 6.42 Å². The van der Waals surface area contributed by atoms with Crippen LogP contribution in [0.2, 0.25) is 0 Å². The Labute approximate surface area is 171 Å². The molecule has 0 radical (unpaired) electrons. The molecule has 1 amide bonds. The van der Waals surface area contributed by atoms with Crippen molar-refractivity contribution >= 4 is 34.9 Å². The maximum atomic E-state index is 12.5. The fraction of sp³-hybridized carbons (Fsp3) is 0.304. The number of nitrogens with zero attached hydrogens (tertiary/aromatic N) is 1. The van der Waals surface area contributed by atoms with E-state index in [9.17, 15) is 4.79 Å². The molecule has 0 bridgehead atoms. The molecule has 6 heteroatoms. The Balaban J connectivity index is 1.40. The second kappa shape index (κ2) is 7.28. The smallest absolute Gasteiger partial charge is 0.399 e. The number of benzene rings is 2. The average molecular weight is 388 g/mol. The van der Waals surface area contributed by atoms with Crippen LogP contribution in [-0.2, 0) is 20.5 Å². The number of hydrogen-bond donors (Lipinski definition) is 1. The lowest BCUT2D eigenvalue weighted by Crippen LogP contribution is -2.41. The Morgan fingerprint density at radius 1 is 0.966 bits per heavy atom. The number of nitrogens with one attached hydrogen (secondary N) is 1. The van der Waals surface area contributed by atoms with Crippen molar-refractivity contribution in [3.8, 4) is 0 Å². The average Bonchev–Trinajstić information content (AvgIpc) is 2.89. The standard InChI is InChI=1S/C23H25BN2O3/c1-22(2)23(3,4)29-24(28-22)19-8-5-16(6-9-19)13-21(27)26-20-10-7-18-15-25-12-11-17(18)14-20/h5-12,14-15H,13H2,1-4H3,(H,26,27). The van der Waals surface area contributed by atoms with Crippen LogP contribution in [0.4, 0.5) is 5.69 Å². The maximum Gasteiger partial charge on any atom is 0.494 e. The number of fused-ring (bicyclic) bond motifs is 1. The minimum atomic E-state index is -0.394. The number of aromatic nitrogens is 1. The molecule has 148 valence electrons. The largest absolute Gasteiger partial charge is 0.494 e. The molecule has 4 rings (SSSR count). The molecule has 1 N–H and O–H groups in total. The van der Waals surface area contributed by atoms with E-state index in [0.717, 1.165) is 27.5 Å². The molecule has 5 nitrogen and oxygen atoms in total. The molecule has 1 fully saturated rings. The van der Waals surface area contributed by atoms with Gasteiger partial charge in [-0.1, -0.05) is 30.3 Å². The molecule has 3 aromatic rings. The monoisotopic (exact) mass is 388 g/mol. The van der Waals surface area contributed by atoms with Crippen LogP contribution in [0.3, 0.4) is 0 Å². The molecule has 0 spiro atoms. The van der Waals surface area contributed by atoms with Gasteiger partial charge >= 0.3 is 7.12 Å². The van der Waals surface area contributed by atoms with Crippen molar-refractivity contribution in [2.75, 3.05) is 5.32 Å². The number of pyridine rings is 1. The summed E-state index contributed by atoms with van der Waals surface area (Å²) < 4.78 is 12.2. The zero-order valence-electron chi connectivity index (χ0n) is 17.2. The van der Waals surface area contributed by atoms with Crippen molar-refractivity contribution in [2.45, 2.75) is 45.3 Å². The minimum Gasteiger partial charge on any atom is -0.399 e. The molecule has 0 saturated carbocycles. The quantitative estimate of drug-likeness (QED) is 0.693. The van der Waals surface area contributed by atoms with E-state index < -0.39 is 7.12 Å². The Hall–Kier alpha value is -2.70. The van der Waals surface area contributed by atoms with Gasteiger partial charge in [0.1, 0.15) is 0 Å². The highest BCUT2D eigenvalue weighted by Crippen LogP contribution is 2.36. The Morgan fingerprint density at radius 2 is 1.66 bits per heavy atom. The topological polar surface area (TPSA) is 60.5 Å². The fourth-order valence-corrected chi connectivity index (χ4v) is 3.32. The minimum absolute atomic E-state index is 0.0539. The lowest BCUT2D eigenvalue weighted by atomic mass is 9.79. The van der Waals surface area contributed by atoms with Crippen LogP contribution in [0.5, 0.6) is 0 Å². The lowest BCUT2D eigenvalue weighted by molar-refractivity contribution is -0.115. The summed E-state index contributed by atoms with van der Waals surface area (Å²) in [6.07, 6.45) is 3.86. The van der Waals surface area contributed by atoms with Crippen molar-refractivity contribution in [3.05, 3.63) is 66.5 Å². The first kappa shape index (κ1) is 19.6. The predicted molar refractivity (Wildman–Crippen MR) is 116 cm³/mol. The molecule has 1 aliphatic heterocycles. The third kappa shape index (κ3) is 4.04. The number of carbonyl (C=O) groups excluding carboxylic acids is 1. The van der Waals surface area contributed by atoms with Crippen LogP contribution < -0.4 is 10.8 Å². The first-order chi connectivity index (χ1) is 13.7. The predicted octanol–water partition coefficient (Wildman–Crippen LogP) is 3.72. The Morgan fingerprint density at radius 3 is 2.34 bits per heavy atom. The second-order valence-electron chi connectivity index (χ2n) is 8.49. The highest BCUT2D eigenvalue weighted by Gasteiger charge is 2.51. The summed E-state index contributed by atoms with van der Waals surface area (Å²) in [5.74, 6) is -0.0539.